The van der Waals surface area contributed by atoms with Crippen LogP contribution in [0.2, 0.25) is 0 Å². The van der Waals surface area contributed by atoms with Gasteiger partial charge < -0.3 is 19.8 Å². The summed E-state index contributed by atoms with van der Waals surface area (Å²) in [7, 11) is 1.66. The second-order valence-corrected chi connectivity index (χ2v) is 6.81. The Morgan fingerprint density at radius 3 is 2.59 bits per heavy atom. The number of aromatic nitrogens is 2. The summed E-state index contributed by atoms with van der Waals surface area (Å²) in [6.07, 6.45) is 0. The molecule has 0 saturated heterocycles. The summed E-state index contributed by atoms with van der Waals surface area (Å²) in [5, 5.41) is 3.14. The second-order valence-electron chi connectivity index (χ2n) is 6.81. The van der Waals surface area contributed by atoms with Gasteiger partial charge in [-0.25, -0.2) is 4.98 Å². The van der Waals surface area contributed by atoms with Crippen molar-refractivity contribution in [2.75, 3.05) is 20.3 Å². The van der Waals surface area contributed by atoms with Crippen molar-refractivity contribution in [1.82, 2.24) is 14.9 Å². The summed E-state index contributed by atoms with van der Waals surface area (Å²) in [6.45, 7) is 6.12. The molecule has 29 heavy (non-hydrogen) atoms. The van der Waals surface area contributed by atoms with Gasteiger partial charge in [-0.2, -0.15) is 0 Å². The van der Waals surface area contributed by atoms with E-state index in [1.54, 1.807) is 14.0 Å². The fourth-order valence-corrected chi connectivity index (χ4v) is 3.17. The number of rotatable bonds is 10. The minimum Gasteiger partial charge on any atom is -0.497 e. The van der Waals surface area contributed by atoms with Gasteiger partial charge in [-0.3, -0.25) is 10.1 Å². The SMILES string of the molecule is CCOCCn1c(CN[C@@H](C)C(N)=O)nc2cc(-c3ccc(OC)cc3)ccc21. The summed E-state index contributed by atoms with van der Waals surface area (Å²) in [4.78, 5) is 16.2. The van der Waals surface area contributed by atoms with E-state index in [1.807, 2.05) is 31.2 Å². The van der Waals surface area contributed by atoms with Crippen molar-refractivity contribution >= 4 is 16.9 Å². The predicted molar refractivity (Wildman–Crippen MR) is 114 cm³/mol. The van der Waals surface area contributed by atoms with Gasteiger partial charge in [0.2, 0.25) is 5.91 Å². The summed E-state index contributed by atoms with van der Waals surface area (Å²) < 4.78 is 12.9. The van der Waals surface area contributed by atoms with Crippen LogP contribution in [0.3, 0.4) is 0 Å². The fraction of sp³-hybridized carbons (Fsp3) is 0.364. The first-order valence-corrected chi connectivity index (χ1v) is 9.77. The molecule has 1 aromatic heterocycles. The molecule has 7 nitrogen and oxygen atoms in total. The van der Waals surface area contributed by atoms with Crippen LogP contribution in [0, 0.1) is 0 Å². The van der Waals surface area contributed by atoms with Crippen molar-refractivity contribution in [3.63, 3.8) is 0 Å². The molecule has 0 aliphatic rings. The van der Waals surface area contributed by atoms with Gasteiger partial charge in [0, 0.05) is 13.2 Å². The first-order valence-electron chi connectivity index (χ1n) is 9.77. The van der Waals surface area contributed by atoms with Gasteiger partial charge in [0.25, 0.3) is 0 Å². The number of amides is 1. The average molecular weight is 396 g/mol. The van der Waals surface area contributed by atoms with Gasteiger partial charge in [0.05, 0.1) is 37.3 Å². The molecular weight excluding hydrogens is 368 g/mol. The van der Waals surface area contributed by atoms with Crippen molar-refractivity contribution in [2.45, 2.75) is 33.0 Å². The minimum atomic E-state index is -0.426. The molecule has 2 aromatic carbocycles. The number of imidazole rings is 1. The molecule has 0 unspecified atom stereocenters. The van der Waals surface area contributed by atoms with Gasteiger partial charge in [-0.1, -0.05) is 18.2 Å². The smallest absolute Gasteiger partial charge is 0.234 e. The number of fused-ring (bicyclic) bond motifs is 1. The maximum absolute atomic E-state index is 11.3. The number of carbonyl (C=O) groups excluding carboxylic acids is 1. The number of nitrogens with one attached hydrogen (secondary N) is 1. The summed E-state index contributed by atoms with van der Waals surface area (Å²) in [5.41, 5.74) is 9.47. The number of ether oxygens (including phenoxy) is 2. The van der Waals surface area contributed by atoms with E-state index in [0.29, 0.717) is 26.3 Å². The van der Waals surface area contributed by atoms with E-state index < -0.39 is 6.04 Å². The Kier molecular flexibility index (Phi) is 6.85. The van der Waals surface area contributed by atoms with Crippen molar-refractivity contribution in [1.29, 1.82) is 0 Å². The highest BCUT2D eigenvalue weighted by Crippen LogP contribution is 2.26. The van der Waals surface area contributed by atoms with Gasteiger partial charge in [-0.05, 0) is 49.2 Å². The van der Waals surface area contributed by atoms with Gasteiger partial charge in [0.15, 0.2) is 0 Å². The van der Waals surface area contributed by atoms with Crippen LogP contribution in [-0.4, -0.2) is 41.8 Å². The van der Waals surface area contributed by atoms with E-state index in [0.717, 1.165) is 33.7 Å². The highest BCUT2D eigenvalue weighted by atomic mass is 16.5. The molecule has 3 rings (SSSR count). The van der Waals surface area contributed by atoms with Crippen LogP contribution in [-0.2, 0) is 22.6 Å². The Hall–Kier alpha value is -2.90. The van der Waals surface area contributed by atoms with Crippen LogP contribution in [0.1, 0.15) is 19.7 Å². The standard InChI is InChI=1S/C22H28N4O3/c1-4-29-12-11-26-20-10-7-17(16-5-8-18(28-3)9-6-16)13-19(20)25-21(26)14-24-15(2)22(23)27/h5-10,13,15,24H,4,11-12,14H2,1-3H3,(H2,23,27)/t15-/m0/s1. The second kappa shape index (κ2) is 9.54. The van der Waals surface area contributed by atoms with Crippen molar-refractivity contribution < 1.29 is 14.3 Å². The van der Waals surface area contributed by atoms with Crippen molar-refractivity contribution in [3.8, 4) is 16.9 Å². The lowest BCUT2D eigenvalue weighted by atomic mass is 10.1. The minimum absolute atomic E-state index is 0.385. The summed E-state index contributed by atoms with van der Waals surface area (Å²) in [5.74, 6) is 1.29. The molecule has 0 aliphatic heterocycles. The predicted octanol–water partition coefficient (Wildman–Crippen LogP) is 2.71. The lowest BCUT2D eigenvalue weighted by molar-refractivity contribution is -0.119. The van der Waals surface area contributed by atoms with E-state index in [1.165, 1.54) is 0 Å². The van der Waals surface area contributed by atoms with E-state index in [2.05, 4.69) is 28.1 Å². The van der Waals surface area contributed by atoms with Crippen LogP contribution in [0.5, 0.6) is 5.75 Å². The van der Waals surface area contributed by atoms with Crippen LogP contribution in [0.4, 0.5) is 0 Å². The average Bonchev–Trinajstić information content (AvgIpc) is 3.08. The zero-order valence-electron chi connectivity index (χ0n) is 17.1. The van der Waals surface area contributed by atoms with Crippen molar-refractivity contribution in [2.24, 2.45) is 5.73 Å². The summed E-state index contributed by atoms with van der Waals surface area (Å²) in [6, 6.07) is 13.8. The number of primary amides is 1. The first-order chi connectivity index (χ1) is 14.0. The lowest BCUT2D eigenvalue weighted by Crippen LogP contribution is -2.38. The molecule has 0 fully saturated rings. The summed E-state index contributed by atoms with van der Waals surface area (Å²) >= 11 is 0. The molecule has 0 aliphatic carbocycles. The number of nitrogens with zero attached hydrogens (tertiary/aromatic N) is 2. The molecular formula is C22H28N4O3. The zero-order chi connectivity index (χ0) is 20.8. The van der Waals surface area contributed by atoms with Crippen LogP contribution in [0.25, 0.3) is 22.2 Å². The van der Waals surface area contributed by atoms with Gasteiger partial charge in [-0.15, -0.1) is 0 Å². The third-order valence-electron chi connectivity index (χ3n) is 4.91. The molecule has 0 bridgehead atoms. The number of hydrogen-bond donors (Lipinski definition) is 2. The van der Waals surface area contributed by atoms with Gasteiger partial charge in [0.1, 0.15) is 11.6 Å². The quantitative estimate of drug-likeness (QED) is 0.514. The Labute approximate surface area is 170 Å². The van der Waals surface area contributed by atoms with E-state index in [4.69, 9.17) is 20.2 Å². The highest BCUT2D eigenvalue weighted by molar-refractivity contribution is 5.83. The van der Waals surface area contributed by atoms with Gasteiger partial charge >= 0.3 is 0 Å². The van der Waals surface area contributed by atoms with E-state index in [9.17, 15) is 4.79 Å². The third kappa shape index (κ3) is 4.93. The molecule has 3 aromatic rings. The van der Waals surface area contributed by atoms with Crippen LogP contribution in [0.15, 0.2) is 42.5 Å². The number of methoxy groups -OCH3 is 1. The van der Waals surface area contributed by atoms with E-state index >= 15 is 0 Å². The normalized spacial score (nSPS) is 12.2. The maximum atomic E-state index is 11.3. The highest BCUT2D eigenvalue weighted by Gasteiger charge is 2.14. The molecule has 1 heterocycles. The lowest BCUT2D eigenvalue weighted by Gasteiger charge is -2.12. The third-order valence-corrected chi connectivity index (χ3v) is 4.91. The number of carbonyl (C=O) groups is 1. The van der Waals surface area contributed by atoms with Crippen LogP contribution < -0.4 is 15.8 Å². The number of hydrogen-bond acceptors (Lipinski definition) is 5. The first kappa shape index (κ1) is 20.8. The molecule has 154 valence electrons. The van der Waals surface area contributed by atoms with Crippen LogP contribution >= 0.6 is 0 Å². The molecule has 0 spiro atoms. The molecule has 3 N–H and O–H groups in total. The topological polar surface area (TPSA) is 91.4 Å². The Morgan fingerprint density at radius 1 is 1.21 bits per heavy atom. The molecule has 0 radical (unpaired) electrons. The van der Waals surface area contributed by atoms with E-state index in [-0.39, 0.29) is 5.91 Å². The Morgan fingerprint density at radius 2 is 1.93 bits per heavy atom. The number of benzene rings is 2. The molecule has 7 heteroatoms. The Balaban J connectivity index is 1.92. The number of nitrogens with two attached hydrogens (primary N) is 1. The fourth-order valence-electron chi connectivity index (χ4n) is 3.17. The monoisotopic (exact) mass is 396 g/mol. The largest absolute Gasteiger partial charge is 0.497 e. The zero-order valence-corrected chi connectivity index (χ0v) is 17.1. The molecule has 0 saturated carbocycles. The molecule has 1 atom stereocenters. The Bertz CT molecular complexity index is 966. The molecule has 1 amide bonds. The maximum Gasteiger partial charge on any atom is 0.234 e. The van der Waals surface area contributed by atoms with Crippen molar-refractivity contribution in [3.05, 3.63) is 48.3 Å².